The summed E-state index contributed by atoms with van der Waals surface area (Å²) in [5.74, 6) is -0.129. The van der Waals surface area contributed by atoms with Crippen LogP contribution in [0.15, 0.2) is 71.0 Å². The average Bonchev–Trinajstić information content (AvgIpc) is 3.13. The Balaban J connectivity index is 1.59. The molecule has 0 aliphatic carbocycles. The zero-order chi connectivity index (χ0) is 24.3. The predicted octanol–water partition coefficient (Wildman–Crippen LogP) is 4.89. The zero-order valence-corrected chi connectivity index (χ0v) is 20.8. The van der Waals surface area contributed by atoms with E-state index >= 15 is 0 Å². The predicted molar refractivity (Wildman–Crippen MR) is 136 cm³/mol. The maximum absolute atomic E-state index is 12.7. The number of sulfonamides is 1. The third-order valence-electron chi connectivity index (χ3n) is 5.08. The van der Waals surface area contributed by atoms with E-state index in [2.05, 4.69) is 9.97 Å². The van der Waals surface area contributed by atoms with Gasteiger partial charge < -0.3 is 4.57 Å². The number of imidazole rings is 1. The summed E-state index contributed by atoms with van der Waals surface area (Å²) in [4.78, 5) is 22.6. The fourth-order valence-electron chi connectivity index (χ4n) is 3.33. The van der Waals surface area contributed by atoms with E-state index in [1.54, 1.807) is 42.1 Å². The molecule has 0 saturated carbocycles. The number of hydrogen-bond donors (Lipinski definition) is 1. The largest absolute Gasteiger partial charge is 0.308 e. The van der Waals surface area contributed by atoms with Crippen LogP contribution in [0.2, 0.25) is 5.02 Å². The molecule has 0 unspecified atom stereocenters. The highest BCUT2D eigenvalue weighted by atomic mass is 35.5. The van der Waals surface area contributed by atoms with E-state index < -0.39 is 15.9 Å². The van der Waals surface area contributed by atoms with Crippen molar-refractivity contribution in [3.05, 3.63) is 93.7 Å². The number of pyridine rings is 1. The van der Waals surface area contributed by atoms with Gasteiger partial charge in [-0.25, -0.2) is 23.1 Å². The van der Waals surface area contributed by atoms with E-state index in [9.17, 15) is 13.2 Å². The van der Waals surface area contributed by atoms with E-state index in [1.807, 2.05) is 46.7 Å². The van der Waals surface area contributed by atoms with E-state index in [1.165, 1.54) is 12.1 Å². The smallest absolute Gasteiger partial charge is 0.283 e. The second kappa shape index (κ2) is 10.0. The van der Waals surface area contributed by atoms with Crippen molar-refractivity contribution < 1.29 is 13.2 Å². The molecule has 0 aliphatic heterocycles. The Kier molecular flexibility index (Phi) is 7.06. The minimum absolute atomic E-state index is 0.0332. The van der Waals surface area contributed by atoms with Gasteiger partial charge in [0.25, 0.3) is 15.9 Å². The third kappa shape index (κ3) is 5.49. The topological polar surface area (TPSA) is 94.0 Å². The highest BCUT2D eigenvalue weighted by Gasteiger charge is 2.18. The van der Waals surface area contributed by atoms with Gasteiger partial charge in [0, 0.05) is 9.92 Å². The summed E-state index contributed by atoms with van der Waals surface area (Å²) in [6.07, 6.45) is 3.39. The van der Waals surface area contributed by atoms with Crippen molar-refractivity contribution in [3.8, 4) is 0 Å². The number of nitrogens with one attached hydrogen (secondary N) is 1. The Bertz CT molecular complexity index is 1500. The summed E-state index contributed by atoms with van der Waals surface area (Å²) in [5.41, 5.74) is 2.61. The third-order valence-corrected chi connectivity index (χ3v) is 7.12. The van der Waals surface area contributed by atoms with Crippen LogP contribution in [0.3, 0.4) is 0 Å². The van der Waals surface area contributed by atoms with E-state index in [0.717, 1.165) is 15.9 Å². The second-order valence-electron chi connectivity index (χ2n) is 7.43. The summed E-state index contributed by atoms with van der Waals surface area (Å²) in [6.45, 7) is 2.25. The van der Waals surface area contributed by atoms with Gasteiger partial charge in [-0.15, -0.1) is 11.8 Å². The van der Waals surface area contributed by atoms with Crippen LogP contribution in [0.5, 0.6) is 0 Å². The number of halogens is 1. The molecular formula is C24H21ClN4O3S2. The van der Waals surface area contributed by atoms with E-state index in [4.69, 9.17) is 11.6 Å². The molecule has 0 aliphatic rings. The molecular weight excluding hydrogens is 492 g/mol. The molecule has 7 nitrogen and oxygen atoms in total. The number of thioether (sulfide) groups is 1. The van der Waals surface area contributed by atoms with Crippen molar-refractivity contribution in [1.82, 2.24) is 19.3 Å². The second-order valence-corrected chi connectivity index (χ2v) is 10.3. The molecule has 1 amide bonds. The molecule has 4 rings (SSSR count). The van der Waals surface area contributed by atoms with Crippen LogP contribution >= 0.6 is 23.4 Å². The highest BCUT2D eigenvalue weighted by molar-refractivity contribution is 7.98. The summed E-state index contributed by atoms with van der Waals surface area (Å²) in [5, 5.41) is 1.58. The monoisotopic (exact) mass is 512 g/mol. The standard InChI is InChI=1S/C24H21ClN4O3S2/c1-16-26-21-10-11-22(24(30)28-34(31,32)13-12-17-6-4-3-5-7-17)27-23(21)29(16)15-18-8-9-19(33-2)14-20(18)25/h3-14H,15H2,1-2H3,(H,28,30)/b13-12+. The van der Waals surface area contributed by atoms with Gasteiger partial charge >= 0.3 is 0 Å². The minimum Gasteiger partial charge on any atom is -0.308 e. The molecule has 0 radical (unpaired) electrons. The Morgan fingerprint density at radius 2 is 1.88 bits per heavy atom. The maximum atomic E-state index is 12.7. The van der Waals surface area contributed by atoms with E-state index in [-0.39, 0.29) is 5.69 Å². The highest BCUT2D eigenvalue weighted by Crippen LogP contribution is 2.25. The summed E-state index contributed by atoms with van der Waals surface area (Å²) in [6, 6.07) is 17.9. The first kappa shape index (κ1) is 24.0. The molecule has 0 bridgehead atoms. The van der Waals surface area contributed by atoms with Crippen molar-refractivity contribution in [1.29, 1.82) is 0 Å². The fourth-order valence-corrected chi connectivity index (χ4v) is 4.84. The number of benzene rings is 2. The number of fused-ring (bicyclic) bond motifs is 1. The summed E-state index contributed by atoms with van der Waals surface area (Å²) in [7, 11) is -4.01. The SMILES string of the molecule is CSc1ccc(Cn2c(C)nc3ccc(C(=O)NS(=O)(=O)/C=C/c4ccccc4)nc32)c(Cl)c1. The molecule has 0 atom stereocenters. The molecule has 2 heterocycles. The summed E-state index contributed by atoms with van der Waals surface area (Å²) < 4.78 is 28.6. The minimum atomic E-state index is -4.01. The number of aromatic nitrogens is 3. The quantitative estimate of drug-likeness (QED) is 0.354. The Labute approximate surface area is 206 Å². The van der Waals surface area contributed by atoms with Crippen LogP contribution < -0.4 is 4.72 Å². The number of carbonyl (C=O) groups excluding carboxylic acids is 1. The summed E-state index contributed by atoms with van der Waals surface area (Å²) >= 11 is 8.05. The van der Waals surface area contributed by atoms with Gasteiger partial charge in [0.05, 0.1) is 12.0 Å². The first-order chi connectivity index (χ1) is 16.3. The van der Waals surface area contributed by atoms with Crippen LogP contribution in [-0.4, -0.2) is 35.1 Å². The molecule has 174 valence electrons. The van der Waals surface area contributed by atoms with Crippen molar-refractivity contribution in [2.75, 3.05) is 6.26 Å². The number of nitrogens with zero attached hydrogens (tertiary/aromatic N) is 3. The van der Waals surface area contributed by atoms with Crippen molar-refractivity contribution >= 4 is 56.5 Å². The molecule has 34 heavy (non-hydrogen) atoms. The van der Waals surface area contributed by atoms with Crippen LogP contribution in [0.25, 0.3) is 17.2 Å². The maximum Gasteiger partial charge on any atom is 0.283 e. The fraction of sp³-hybridized carbons (Fsp3) is 0.125. The lowest BCUT2D eigenvalue weighted by atomic mass is 10.2. The zero-order valence-electron chi connectivity index (χ0n) is 18.4. The number of amides is 1. The van der Waals surface area contributed by atoms with Gasteiger partial charge in [0.2, 0.25) is 0 Å². The Hall–Kier alpha value is -3.14. The van der Waals surface area contributed by atoms with Crippen molar-refractivity contribution in [2.24, 2.45) is 0 Å². The van der Waals surface area contributed by atoms with Crippen LogP contribution in [0, 0.1) is 6.92 Å². The van der Waals surface area contributed by atoms with Crippen LogP contribution in [-0.2, 0) is 16.6 Å². The number of hydrogen-bond acceptors (Lipinski definition) is 6. The first-order valence-corrected chi connectivity index (χ1v) is 13.4. The Morgan fingerprint density at radius 1 is 1.12 bits per heavy atom. The van der Waals surface area contributed by atoms with Gasteiger partial charge in [0.15, 0.2) is 5.65 Å². The van der Waals surface area contributed by atoms with Gasteiger partial charge in [-0.05, 0) is 54.6 Å². The van der Waals surface area contributed by atoms with Crippen LogP contribution in [0.1, 0.15) is 27.4 Å². The molecule has 2 aromatic carbocycles. The molecule has 4 aromatic rings. The van der Waals surface area contributed by atoms with E-state index in [0.29, 0.717) is 34.1 Å². The lowest BCUT2D eigenvalue weighted by Gasteiger charge is -2.10. The average molecular weight is 513 g/mol. The molecule has 0 fully saturated rings. The van der Waals surface area contributed by atoms with Gasteiger partial charge in [-0.2, -0.15) is 0 Å². The molecule has 1 N–H and O–H groups in total. The molecule has 0 saturated heterocycles. The molecule has 0 spiro atoms. The lowest BCUT2D eigenvalue weighted by molar-refractivity contribution is 0.0977. The van der Waals surface area contributed by atoms with Gasteiger partial charge in [-0.1, -0.05) is 48.0 Å². The molecule has 2 aromatic heterocycles. The normalized spacial score (nSPS) is 11.9. The number of carbonyl (C=O) groups is 1. The first-order valence-electron chi connectivity index (χ1n) is 10.2. The lowest BCUT2D eigenvalue weighted by Crippen LogP contribution is -2.29. The van der Waals surface area contributed by atoms with Gasteiger partial charge in [0.1, 0.15) is 17.0 Å². The Morgan fingerprint density at radius 3 is 2.59 bits per heavy atom. The van der Waals surface area contributed by atoms with Crippen molar-refractivity contribution in [3.63, 3.8) is 0 Å². The number of rotatable bonds is 7. The van der Waals surface area contributed by atoms with Crippen molar-refractivity contribution in [2.45, 2.75) is 18.4 Å². The number of aryl methyl sites for hydroxylation is 1. The van der Waals surface area contributed by atoms with Gasteiger partial charge in [-0.3, -0.25) is 4.79 Å². The molecule has 10 heteroatoms. The van der Waals surface area contributed by atoms with Crippen LogP contribution in [0.4, 0.5) is 0 Å².